The molecule has 130 valence electrons. The first-order chi connectivity index (χ1) is 11.7. The van der Waals surface area contributed by atoms with Gasteiger partial charge in [0.05, 0.1) is 5.92 Å². The van der Waals surface area contributed by atoms with Gasteiger partial charge in [-0.15, -0.1) is 0 Å². The molecule has 1 heterocycles. The van der Waals surface area contributed by atoms with Crippen molar-refractivity contribution >= 4 is 11.8 Å². The van der Waals surface area contributed by atoms with Crippen molar-refractivity contribution in [1.82, 2.24) is 10.2 Å². The summed E-state index contributed by atoms with van der Waals surface area (Å²) in [7, 11) is 0. The fourth-order valence-corrected chi connectivity index (χ4v) is 4.07. The molecular weight excluding hydrogens is 300 g/mol. The van der Waals surface area contributed by atoms with Crippen LogP contribution in [-0.2, 0) is 9.59 Å². The number of carbonyl (C=O) groups excluding carboxylic acids is 2. The van der Waals surface area contributed by atoms with Crippen molar-refractivity contribution in [2.45, 2.75) is 57.4 Å². The summed E-state index contributed by atoms with van der Waals surface area (Å²) in [4.78, 5) is 26.7. The molecule has 0 radical (unpaired) electrons. The van der Waals surface area contributed by atoms with Crippen LogP contribution in [0.25, 0.3) is 0 Å². The first-order valence-corrected chi connectivity index (χ1v) is 9.31. The van der Waals surface area contributed by atoms with Crippen LogP contribution in [-0.4, -0.2) is 35.8 Å². The van der Waals surface area contributed by atoms with E-state index in [-0.39, 0.29) is 17.7 Å². The molecule has 4 nitrogen and oxygen atoms in total. The van der Waals surface area contributed by atoms with Crippen LogP contribution in [0.3, 0.4) is 0 Å². The summed E-state index contributed by atoms with van der Waals surface area (Å²) in [5, 5.41) is 3.09. The maximum Gasteiger partial charge on any atom is 0.225 e. The molecule has 1 saturated carbocycles. The van der Waals surface area contributed by atoms with E-state index in [2.05, 4.69) is 24.4 Å². The number of rotatable bonds is 6. The summed E-state index contributed by atoms with van der Waals surface area (Å²) in [5.74, 6) is 0.361. The number of nitrogens with one attached hydrogen (secondary N) is 1. The second kappa shape index (κ2) is 7.82. The highest BCUT2D eigenvalue weighted by Crippen LogP contribution is 2.29. The van der Waals surface area contributed by atoms with Crippen molar-refractivity contribution in [3.8, 4) is 0 Å². The lowest BCUT2D eigenvalue weighted by Gasteiger charge is -2.24. The van der Waals surface area contributed by atoms with Crippen molar-refractivity contribution in [2.24, 2.45) is 5.92 Å². The Hall–Kier alpha value is -1.84. The molecule has 0 unspecified atom stereocenters. The minimum absolute atomic E-state index is 0.0400. The number of hydrogen-bond acceptors (Lipinski definition) is 2. The van der Waals surface area contributed by atoms with Crippen molar-refractivity contribution in [3.63, 3.8) is 0 Å². The minimum atomic E-state index is -0.175. The van der Waals surface area contributed by atoms with Gasteiger partial charge in [-0.2, -0.15) is 0 Å². The lowest BCUT2D eigenvalue weighted by Crippen LogP contribution is -2.37. The molecule has 2 fully saturated rings. The summed E-state index contributed by atoms with van der Waals surface area (Å²) in [6.07, 6.45) is 5.99. The number of benzene rings is 1. The Morgan fingerprint density at radius 3 is 2.62 bits per heavy atom. The van der Waals surface area contributed by atoms with Crippen LogP contribution in [0.1, 0.15) is 56.9 Å². The third-order valence-corrected chi connectivity index (χ3v) is 5.58. The van der Waals surface area contributed by atoms with Crippen molar-refractivity contribution in [2.75, 3.05) is 13.1 Å². The molecule has 1 N–H and O–H groups in total. The predicted octanol–water partition coefficient (Wildman–Crippen LogP) is 3.09. The second-order valence-corrected chi connectivity index (χ2v) is 7.15. The van der Waals surface area contributed by atoms with Crippen LogP contribution in [0.4, 0.5) is 0 Å². The zero-order valence-electron chi connectivity index (χ0n) is 14.5. The standard InChI is InChI=1S/C20H28N2O2/c1-2-15(16-8-4-3-5-9-16)13-21-20(24)17-12-19(23)22(14-17)18-10-6-7-11-18/h3-5,8-9,15,17-18H,2,6-7,10-14H2,1H3,(H,21,24)/t15-,17-/m1/s1. The monoisotopic (exact) mass is 328 g/mol. The lowest BCUT2D eigenvalue weighted by atomic mass is 9.96. The number of hydrogen-bond donors (Lipinski definition) is 1. The maximum atomic E-state index is 12.5. The first-order valence-electron chi connectivity index (χ1n) is 9.31. The number of nitrogens with zero attached hydrogens (tertiary/aromatic N) is 1. The summed E-state index contributed by atoms with van der Waals surface area (Å²) >= 11 is 0. The van der Waals surface area contributed by atoms with Crippen molar-refractivity contribution < 1.29 is 9.59 Å². The zero-order chi connectivity index (χ0) is 16.9. The van der Waals surface area contributed by atoms with E-state index >= 15 is 0 Å². The highest BCUT2D eigenvalue weighted by atomic mass is 16.2. The molecule has 3 rings (SSSR count). The smallest absolute Gasteiger partial charge is 0.225 e. The van der Waals surface area contributed by atoms with Crippen LogP contribution in [0.15, 0.2) is 30.3 Å². The normalized spacial score (nSPS) is 22.8. The second-order valence-electron chi connectivity index (χ2n) is 7.15. The van der Waals surface area contributed by atoms with Crippen LogP contribution in [0.2, 0.25) is 0 Å². The molecule has 1 saturated heterocycles. The Morgan fingerprint density at radius 2 is 1.96 bits per heavy atom. The minimum Gasteiger partial charge on any atom is -0.355 e. The van der Waals surface area contributed by atoms with Gasteiger partial charge in [-0.3, -0.25) is 9.59 Å². The van der Waals surface area contributed by atoms with Gasteiger partial charge in [0.1, 0.15) is 0 Å². The molecule has 24 heavy (non-hydrogen) atoms. The van der Waals surface area contributed by atoms with Gasteiger partial charge in [-0.25, -0.2) is 0 Å². The maximum absolute atomic E-state index is 12.5. The van der Waals surface area contributed by atoms with Crippen LogP contribution >= 0.6 is 0 Å². The average Bonchev–Trinajstić information content (AvgIpc) is 3.25. The molecule has 0 aromatic heterocycles. The Labute approximate surface area is 144 Å². The van der Waals surface area contributed by atoms with E-state index in [1.807, 2.05) is 23.1 Å². The van der Waals surface area contributed by atoms with Gasteiger partial charge in [-0.05, 0) is 24.8 Å². The highest BCUT2D eigenvalue weighted by molar-refractivity contribution is 5.89. The van der Waals surface area contributed by atoms with Crippen LogP contribution < -0.4 is 5.32 Å². The van der Waals surface area contributed by atoms with Crippen molar-refractivity contribution in [3.05, 3.63) is 35.9 Å². The molecule has 1 aromatic carbocycles. The Bertz CT molecular complexity index is 566. The molecule has 1 aromatic rings. The van der Waals surface area contributed by atoms with E-state index in [4.69, 9.17) is 0 Å². The van der Waals surface area contributed by atoms with Gasteiger partial charge < -0.3 is 10.2 Å². The van der Waals surface area contributed by atoms with E-state index in [0.717, 1.165) is 19.3 Å². The fraction of sp³-hybridized carbons (Fsp3) is 0.600. The lowest BCUT2D eigenvalue weighted by molar-refractivity contribution is -0.130. The molecular formula is C20H28N2O2. The van der Waals surface area contributed by atoms with Crippen LogP contribution in [0, 0.1) is 5.92 Å². The van der Waals surface area contributed by atoms with E-state index < -0.39 is 0 Å². The average molecular weight is 328 g/mol. The third-order valence-electron chi connectivity index (χ3n) is 5.58. The molecule has 2 atom stereocenters. The molecule has 4 heteroatoms. The predicted molar refractivity (Wildman–Crippen MR) is 94.6 cm³/mol. The largest absolute Gasteiger partial charge is 0.355 e. The topological polar surface area (TPSA) is 49.4 Å². The summed E-state index contributed by atoms with van der Waals surface area (Å²) in [5.41, 5.74) is 1.26. The van der Waals surface area contributed by atoms with Gasteiger partial charge in [0.25, 0.3) is 0 Å². The number of carbonyl (C=O) groups is 2. The summed E-state index contributed by atoms with van der Waals surface area (Å²) < 4.78 is 0. The van der Waals surface area contributed by atoms with E-state index in [9.17, 15) is 9.59 Å². The molecule has 0 bridgehead atoms. The molecule has 0 spiro atoms. The van der Waals surface area contributed by atoms with Gasteiger partial charge in [-0.1, -0.05) is 50.1 Å². The summed E-state index contributed by atoms with van der Waals surface area (Å²) in [6, 6.07) is 10.7. The van der Waals surface area contributed by atoms with E-state index in [1.54, 1.807) is 0 Å². The van der Waals surface area contributed by atoms with E-state index in [0.29, 0.717) is 31.5 Å². The Kier molecular flexibility index (Phi) is 5.54. The molecule has 1 aliphatic heterocycles. The third kappa shape index (κ3) is 3.80. The van der Waals surface area contributed by atoms with E-state index in [1.165, 1.54) is 18.4 Å². The summed E-state index contributed by atoms with van der Waals surface area (Å²) in [6.45, 7) is 3.40. The Morgan fingerprint density at radius 1 is 1.25 bits per heavy atom. The van der Waals surface area contributed by atoms with Gasteiger partial charge in [0.15, 0.2) is 0 Å². The van der Waals surface area contributed by atoms with Gasteiger partial charge >= 0.3 is 0 Å². The molecule has 1 aliphatic carbocycles. The van der Waals surface area contributed by atoms with Crippen molar-refractivity contribution in [1.29, 1.82) is 0 Å². The fourth-order valence-electron chi connectivity index (χ4n) is 4.07. The molecule has 2 amide bonds. The first kappa shape index (κ1) is 17.0. The number of amides is 2. The van der Waals surface area contributed by atoms with Crippen LogP contribution in [0.5, 0.6) is 0 Å². The van der Waals surface area contributed by atoms with Gasteiger partial charge in [0, 0.05) is 31.5 Å². The number of likely N-dealkylation sites (tertiary alicyclic amines) is 1. The Balaban J connectivity index is 1.52. The zero-order valence-corrected chi connectivity index (χ0v) is 14.5. The molecule has 2 aliphatic rings. The quantitative estimate of drug-likeness (QED) is 0.872. The highest BCUT2D eigenvalue weighted by Gasteiger charge is 2.38. The van der Waals surface area contributed by atoms with Gasteiger partial charge in [0.2, 0.25) is 11.8 Å². The SMILES string of the molecule is CC[C@H](CNC(=O)[C@@H]1CC(=O)N(C2CCCC2)C1)c1ccccc1.